The van der Waals surface area contributed by atoms with Crippen molar-refractivity contribution in [3.05, 3.63) is 33.9 Å². The van der Waals surface area contributed by atoms with E-state index in [9.17, 15) is 19.7 Å². The van der Waals surface area contributed by atoms with E-state index in [2.05, 4.69) is 0 Å². The largest absolute Gasteiger partial charge is 0.480 e. The molecule has 0 radical (unpaired) electrons. The fourth-order valence-corrected chi connectivity index (χ4v) is 2.58. The van der Waals surface area contributed by atoms with Crippen molar-refractivity contribution >= 4 is 29.5 Å². The summed E-state index contributed by atoms with van der Waals surface area (Å²) in [5.74, 6) is -2.01. The molecule has 0 spiro atoms. The molecule has 0 aliphatic rings. The summed E-state index contributed by atoms with van der Waals surface area (Å²) < 4.78 is 5.27. The Morgan fingerprint density at radius 3 is 2.65 bits per heavy atom. The number of hydrogen-bond donors (Lipinski definition) is 2. The Morgan fingerprint density at radius 1 is 1.48 bits per heavy atom. The van der Waals surface area contributed by atoms with Gasteiger partial charge in [-0.2, -0.15) is 0 Å². The Labute approximate surface area is 137 Å². The third-order valence-electron chi connectivity index (χ3n) is 3.27. The molecule has 0 unspecified atom stereocenters. The number of carboxylic acid groups (broad SMARTS) is 1. The van der Waals surface area contributed by atoms with Crippen molar-refractivity contribution < 1.29 is 23.8 Å². The standard InChI is InChI=1S/C14H18N2O6S/c1-9-4-5-11(16(20)21)12(8-9)23-22-7-3-6-14(15,10(2)17)13(18)19/h4-5,8H,3,6-7,15H2,1-2H3,(H,18,19)/t14-/m0/s1. The molecule has 8 nitrogen and oxygen atoms in total. The molecular formula is C14H18N2O6S. The predicted molar refractivity (Wildman–Crippen MR) is 84.1 cm³/mol. The fourth-order valence-electron chi connectivity index (χ4n) is 1.79. The number of carboxylic acids is 1. The number of nitrogens with two attached hydrogens (primary N) is 1. The summed E-state index contributed by atoms with van der Waals surface area (Å²) in [6, 6.07) is 4.65. The van der Waals surface area contributed by atoms with Crippen molar-refractivity contribution in [1.82, 2.24) is 0 Å². The van der Waals surface area contributed by atoms with Crippen LogP contribution in [0, 0.1) is 17.0 Å². The number of nitro benzene ring substituents is 1. The highest BCUT2D eigenvalue weighted by molar-refractivity contribution is 7.94. The van der Waals surface area contributed by atoms with E-state index in [1.54, 1.807) is 19.1 Å². The Kier molecular flexibility index (Phi) is 6.67. The fraction of sp³-hybridized carbons (Fsp3) is 0.429. The zero-order valence-corrected chi connectivity index (χ0v) is 13.6. The monoisotopic (exact) mass is 342 g/mol. The molecule has 0 aliphatic heterocycles. The number of benzene rings is 1. The highest BCUT2D eigenvalue weighted by Gasteiger charge is 2.38. The van der Waals surface area contributed by atoms with Gasteiger partial charge in [0.2, 0.25) is 0 Å². The Hall–Kier alpha value is -1.97. The normalized spacial score (nSPS) is 13.3. The van der Waals surface area contributed by atoms with E-state index < -0.39 is 22.2 Å². The van der Waals surface area contributed by atoms with E-state index in [4.69, 9.17) is 15.0 Å². The van der Waals surface area contributed by atoms with Gasteiger partial charge in [-0.25, -0.2) is 4.79 Å². The van der Waals surface area contributed by atoms with Crippen molar-refractivity contribution in [3.63, 3.8) is 0 Å². The molecule has 0 aromatic heterocycles. The molecule has 0 amide bonds. The second kappa shape index (κ2) is 8.04. The van der Waals surface area contributed by atoms with E-state index in [1.807, 2.05) is 0 Å². The first-order chi connectivity index (χ1) is 10.7. The molecule has 0 heterocycles. The van der Waals surface area contributed by atoms with Gasteiger partial charge >= 0.3 is 5.97 Å². The Morgan fingerprint density at radius 2 is 2.13 bits per heavy atom. The van der Waals surface area contributed by atoms with Gasteiger partial charge in [0.1, 0.15) is 4.90 Å². The molecule has 0 aliphatic carbocycles. The minimum atomic E-state index is -1.93. The zero-order valence-electron chi connectivity index (χ0n) is 12.8. The van der Waals surface area contributed by atoms with Crippen molar-refractivity contribution in [2.24, 2.45) is 5.73 Å². The van der Waals surface area contributed by atoms with Crippen LogP contribution in [0.5, 0.6) is 0 Å². The number of ketones is 1. The van der Waals surface area contributed by atoms with Gasteiger partial charge < -0.3 is 15.0 Å². The van der Waals surface area contributed by atoms with Crippen LogP contribution < -0.4 is 5.73 Å². The van der Waals surface area contributed by atoms with E-state index in [-0.39, 0.29) is 25.1 Å². The van der Waals surface area contributed by atoms with Crippen LogP contribution in [0.2, 0.25) is 0 Å². The van der Waals surface area contributed by atoms with E-state index in [0.717, 1.165) is 24.5 Å². The van der Waals surface area contributed by atoms with Gasteiger partial charge in [0.05, 0.1) is 11.5 Å². The van der Waals surface area contributed by atoms with Crippen molar-refractivity contribution in [2.75, 3.05) is 6.61 Å². The molecule has 1 aromatic rings. The number of aryl methyl sites for hydroxylation is 1. The summed E-state index contributed by atoms with van der Waals surface area (Å²) in [4.78, 5) is 33.1. The number of aliphatic carboxylic acids is 1. The highest BCUT2D eigenvalue weighted by Crippen LogP contribution is 2.30. The van der Waals surface area contributed by atoms with Crippen LogP contribution in [0.15, 0.2) is 23.1 Å². The number of carbonyl (C=O) groups is 2. The van der Waals surface area contributed by atoms with Gasteiger partial charge in [0.15, 0.2) is 11.3 Å². The third-order valence-corrected chi connectivity index (χ3v) is 4.06. The molecule has 9 heteroatoms. The third kappa shape index (κ3) is 5.02. The molecule has 23 heavy (non-hydrogen) atoms. The molecule has 0 bridgehead atoms. The van der Waals surface area contributed by atoms with Crippen LogP contribution in [0.4, 0.5) is 5.69 Å². The molecule has 0 saturated heterocycles. The lowest BCUT2D eigenvalue weighted by atomic mass is 9.91. The summed E-state index contributed by atoms with van der Waals surface area (Å²) in [7, 11) is 0. The highest BCUT2D eigenvalue weighted by atomic mass is 32.2. The number of Topliss-reactive ketones (excluding diaryl/α,β-unsaturated/α-hetero) is 1. The van der Waals surface area contributed by atoms with E-state index in [0.29, 0.717) is 4.90 Å². The quantitative estimate of drug-likeness (QED) is 0.229. The van der Waals surface area contributed by atoms with Crippen molar-refractivity contribution in [1.29, 1.82) is 0 Å². The van der Waals surface area contributed by atoms with Crippen LogP contribution in [-0.4, -0.2) is 33.9 Å². The van der Waals surface area contributed by atoms with Gasteiger partial charge in [-0.15, -0.1) is 0 Å². The molecule has 0 fully saturated rings. The van der Waals surface area contributed by atoms with Gasteiger partial charge in [-0.3, -0.25) is 14.9 Å². The van der Waals surface area contributed by atoms with Gasteiger partial charge in [-0.05, 0) is 38.3 Å². The van der Waals surface area contributed by atoms with Crippen LogP contribution in [0.1, 0.15) is 25.3 Å². The maximum Gasteiger partial charge on any atom is 0.331 e. The first-order valence-electron chi connectivity index (χ1n) is 6.76. The van der Waals surface area contributed by atoms with E-state index >= 15 is 0 Å². The molecule has 1 aromatic carbocycles. The first-order valence-corrected chi connectivity index (χ1v) is 7.50. The second-order valence-corrected chi connectivity index (χ2v) is 5.91. The SMILES string of the molecule is CC(=O)[C@@](N)(CCCOSc1cc(C)ccc1[N+](=O)[O-])C(=O)O. The number of nitro groups is 1. The summed E-state index contributed by atoms with van der Waals surface area (Å²) in [5.41, 5.74) is 4.42. The molecular weight excluding hydrogens is 324 g/mol. The zero-order chi connectivity index (χ0) is 17.6. The summed E-state index contributed by atoms with van der Waals surface area (Å²) in [5, 5.41) is 19.9. The van der Waals surface area contributed by atoms with Crippen molar-refractivity contribution in [3.8, 4) is 0 Å². The lowest BCUT2D eigenvalue weighted by Crippen LogP contribution is -2.54. The van der Waals surface area contributed by atoms with Crippen molar-refractivity contribution in [2.45, 2.75) is 37.1 Å². The summed E-state index contributed by atoms with van der Waals surface area (Å²) in [6.45, 7) is 3.03. The average Bonchev–Trinajstić information content (AvgIpc) is 2.45. The average molecular weight is 342 g/mol. The second-order valence-electron chi connectivity index (χ2n) is 5.07. The number of hydrogen-bond acceptors (Lipinski definition) is 7. The lowest BCUT2D eigenvalue weighted by Gasteiger charge is -2.20. The number of rotatable bonds is 9. The Balaban J connectivity index is 2.56. The molecule has 126 valence electrons. The van der Waals surface area contributed by atoms with Gasteiger partial charge in [0, 0.05) is 18.1 Å². The predicted octanol–water partition coefficient (Wildman–Crippen LogP) is 2.08. The number of nitrogens with zero attached hydrogens (tertiary/aromatic N) is 1. The lowest BCUT2D eigenvalue weighted by molar-refractivity contribution is -0.387. The van der Waals surface area contributed by atoms with Crippen LogP contribution in [0.3, 0.4) is 0 Å². The minimum absolute atomic E-state index is 0.0666. The van der Waals surface area contributed by atoms with Crippen LogP contribution in [-0.2, 0) is 13.8 Å². The van der Waals surface area contributed by atoms with Gasteiger partial charge in [-0.1, -0.05) is 6.07 Å². The van der Waals surface area contributed by atoms with Crippen LogP contribution in [0.25, 0.3) is 0 Å². The summed E-state index contributed by atoms with van der Waals surface area (Å²) in [6.07, 6.45) is 0.156. The maximum absolute atomic E-state index is 11.3. The van der Waals surface area contributed by atoms with E-state index in [1.165, 1.54) is 6.07 Å². The van der Waals surface area contributed by atoms with Gasteiger partial charge in [0.25, 0.3) is 5.69 Å². The maximum atomic E-state index is 11.3. The topological polar surface area (TPSA) is 133 Å². The summed E-state index contributed by atoms with van der Waals surface area (Å²) >= 11 is 0.842. The number of carbonyl (C=O) groups excluding carboxylic acids is 1. The molecule has 1 rings (SSSR count). The first kappa shape index (κ1) is 19.1. The van der Waals surface area contributed by atoms with Crippen LogP contribution >= 0.6 is 12.0 Å². The smallest absolute Gasteiger partial charge is 0.331 e. The Bertz CT molecular complexity index is 605. The molecule has 1 atom stereocenters. The minimum Gasteiger partial charge on any atom is -0.480 e. The molecule has 3 N–H and O–H groups in total. The molecule has 0 saturated carbocycles.